The molecule has 0 aliphatic rings. The molecule has 70 valence electrons. The van der Waals surface area contributed by atoms with E-state index in [1.54, 1.807) is 23.0 Å². The Labute approximate surface area is 82.4 Å². The van der Waals surface area contributed by atoms with Crippen LogP contribution in [0.15, 0.2) is 18.5 Å². The molecule has 0 aliphatic carbocycles. The van der Waals surface area contributed by atoms with Gasteiger partial charge in [-0.3, -0.25) is 0 Å². The van der Waals surface area contributed by atoms with Gasteiger partial charge in [-0.1, -0.05) is 25.4 Å². The third-order valence-corrected chi connectivity index (χ3v) is 1.72. The van der Waals surface area contributed by atoms with E-state index in [-0.39, 0.29) is 0 Å². The smallest absolute Gasteiger partial charge is 0.159 e. The average molecular weight is 198 g/mol. The second-order valence-electron chi connectivity index (χ2n) is 2.35. The first-order chi connectivity index (χ1) is 6.27. The first-order valence-corrected chi connectivity index (χ1v) is 4.61. The molecule has 0 saturated carbocycles. The lowest BCUT2D eigenvalue weighted by Crippen LogP contribution is -1.88. The molecule has 4 heteroatoms. The van der Waals surface area contributed by atoms with Crippen molar-refractivity contribution in [3.8, 4) is 0 Å². The van der Waals surface area contributed by atoms with E-state index in [0.29, 0.717) is 5.15 Å². The maximum Gasteiger partial charge on any atom is 0.159 e. The maximum atomic E-state index is 5.70. The summed E-state index contributed by atoms with van der Waals surface area (Å²) >= 11 is 5.70. The Morgan fingerprint density at radius 2 is 2.08 bits per heavy atom. The maximum absolute atomic E-state index is 5.70. The van der Waals surface area contributed by atoms with E-state index in [4.69, 9.17) is 11.6 Å². The van der Waals surface area contributed by atoms with Gasteiger partial charge in [-0.25, -0.2) is 9.50 Å². The van der Waals surface area contributed by atoms with Gasteiger partial charge in [-0.2, -0.15) is 5.10 Å². The number of nitrogens with zero attached hydrogens (tertiary/aromatic N) is 3. The van der Waals surface area contributed by atoms with Gasteiger partial charge in [0.2, 0.25) is 0 Å². The Kier molecular flexibility index (Phi) is 3.25. The summed E-state index contributed by atoms with van der Waals surface area (Å²) in [6.45, 7) is 5.95. The SMILES string of the molecule is CC.Cc1cnn2ccc(Cl)nc12. The zero-order valence-corrected chi connectivity index (χ0v) is 8.71. The number of fused-ring (bicyclic) bond motifs is 1. The van der Waals surface area contributed by atoms with E-state index in [1.807, 2.05) is 20.8 Å². The molecule has 0 amide bonds. The zero-order chi connectivity index (χ0) is 9.84. The monoisotopic (exact) mass is 197 g/mol. The van der Waals surface area contributed by atoms with Crippen LogP contribution in [0.5, 0.6) is 0 Å². The predicted molar refractivity (Wildman–Crippen MR) is 54.1 cm³/mol. The molecule has 0 unspecified atom stereocenters. The van der Waals surface area contributed by atoms with Crippen molar-refractivity contribution in [2.24, 2.45) is 0 Å². The molecule has 2 rings (SSSR count). The number of hydrogen-bond acceptors (Lipinski definition) is 2. The van der Waals surface area contributed by atoms with Crippen LogP contribution in [0.2, 0.25) is 5.15 Å². The van der Waals surface area contributed by atoms with Gasteiger partial charge in [0.25, 0.3) is 0 Å². The minimum Gasteiger partial charge on any atom is -0.222 e. The number of aryl methyl sites for hydroxylation is 1. The second kappa shape index (κ2) is 4.23. The van der Waals surface area contributed by atoms with Gasteiger partial charge in [0.15, 0.2) is 5.65 Å². The highest BCUT2D eigenvalue weighted by Gasteiger charge is 1.99. The summed E-state index contributed by atoms with van der Waals surface area (Å²) in [5.41, 5.74) is 1.85. The Morgan fingerprint density at radius 1 is 1.38 bits per heavy atom. The van der Waals surface area contributed by atoms with Gasteiger partial charge in [0, 0.05) is 11.8 Å². The number of aromatic nitrogens is 3. The van der Waals surface area contributed by atoms with Gasteiger partial charge < -0.3 is 0 Å². The summed E-state index contributed by atoms with van der Waals surface area (Å²) in [5, 5.41) is 4.56. The third-order valence-electron chi connectivity index (χ3n) is 1.51. The Bertz CT molecular complexity index is 395. The van der Waals surface area contributed by atoms with Crippen LogP contribution in [0.4, 0.5) is 0 Å². The van der Waals surface area contributed by atoms with E-state index in [0.717, 1.165) is 11.2 Å². The first kappa shape index (κ1) is 9.99. The van der Waals surface area contributed by atoms with Crippen molar-refractivity contribution in [3.63, 3.8) is 0 Å². The van der Waals surface area contributed by atoms with Crippen molar-refractivity contribution in [3.05, 3.63) is 29.2 Å². The minimum atomic E-state index is 0.501. The van der Waals surface area contributed by atoms with Gasteiger partial charge in [0.1, 0.15) is 5.15 Å². The van der Waals surface area contributed by atoms with Crippen LogP contribution in [0.3, 0.4) is 0 Å². The molecule has 0 bridgehead atoms. The molecular weight excluding hydrogens is 186 g/mol. The Hall–Kier alpha value is -1.09. The molecule has 0 fully saturated rings. The lowest BCUT2D eigenvalue weighted by atomic mass is 10.4. The molecule has 0 atom stereocenters. The van der Waals surface area contributed by atoms with E-state index in [9.17, 15) is 0 Å². The van der Waals surface area contributed by atoms with Crippen molar-refractivity contribution < 1.29 is 0 Å². The van der Waals surface area contributed by atoms with Crippen LogP contribution in [0.25, 0.3) is 5.65 Å². The van der Waals surface area contributed by atoms with Crippen molar-refractivity contribution in [1.29, 1.82) is 0 Å². The number of halogens is 1. The molecule has 0 spiro atoms. The van der Waals surface area contributed by atoms with Crippen LogP contribution < -0.4 is 0 Å². The lowest BCUT2D eigenvalue weighted by molar-refractivity contribution is 0.939. The van der Waals surface area contributed by atoms with Crippen LogP contribution in [0, 0.1) is 6.92 Å². The first-order valence-electron chi connectivity index (χ1n) is 4.24. The van der Waals surface area contributed by atoms with Gasteiger partial charge >= 0.3 is 0 Å². The van der Waals surface area contributed by atoms with Crippen LogP contribution in [0.1, 0.15) is 19.4 Å². The van der Waals surface area contributed by atoms with E-state index >= 15 is 0 Å². The Morgan fingerprint density at radius 3 is 2.77 bits per heavy atom. The quantitative estimate of drug-likeness (QED) is 0.608. The van der Waals surface area contributed by atoms with Crippen molar-refractivity contribution >= 4 is 17.2 Å². The van der Waals surface area contributed by atoms with Crippen molar-refractivity contribution in [2.75, 3.05) is 0 Å². The molecule has 0 radical (unpaired) electrons. The normalized spacial score (nSPS) is 9.54. The zero-order valence-electron chi connectivity index (χ0n) is 7.95. The van der Waals surface area contributed by atoms with E-state index in [1.165, 1.54) is 0 Å². The predicted octanol–water partition coefficient (Wildman–Crippen LogP) is 2.72. The number of hydrogen-bond donors (Lipinski definition) is 0. The molecule has 2 aromatic heterocycles. The molecule has 0 aromatic carbocycles. The largest absolute Gasteiger partial charge is 0.222 e. The molecule has 0 aliphatic heterocycles. The average Bonchev–Trinajstić information content (AvgIpc) is 2.52. The standard InChI is InChI=1S/C7H6ClN3.C2H6/c1-5-4-9-11-3-2-6(8)10-7(5)11;1-2/h2-4H,1H3;1-2H3. The summed E-state index contributed by atoms with van der Waals surface area (Å²) in [7, 11) is 0. The fraction of sp³-hybridized carbons (Fsp3) is 0.333. The van der Waals surface area contributed by atoms with Crippen molar-refractivity contribution in [1.82, 2.24) is 14.6 Å². The second-order valence-corrected chi connectivity index (χ2v) is 2.73. The molecule has 2 aromatic rings. The van der Waals surface area contributed by atoms with Gasteiger partial charge in [-0.15, -0.1) is 0 Å². The van der Waals surface area contributed by atoms with Crippen molar-refractivity contribution in [2.45, 2.75) is 20.8 Å². The fourth-order valence-electron chi connectivity index (χ4n) is 0.961. The molecule has 3 nitrogen and oxygen atoms in total. The molecule has 0 N–H and O–H groups in total. The van der Waals surface area contributed by atoms with E-state index in [2.05, 4.69) is 10.1 Å². The highest BCUT2D eigenvalue weighted by molar-refractivity contribution is 6.29. The van der Waals surface area contributed by atoms with Crippen LogP contribution >= 0.6 is 11.6 Å². The molecule has 13 heavy (non-hydrogen) atoms. The summed E-state index contributed by atoms with van der Waals surface area (Å²) < 4.78 is 1.70. The fourth-order valence-corrected chi connectivity index (χ4v) is 1.10. The van der Waals surface area contributed by atoms with Crippen LogP contribution in [-0.2, 0) is 0 Å². The highest BCUT2D eigenvalue weighted by atomic mass is 35.5. The summed E-state index contributed by atoms with van der Waals surface area (Å²) in [6, 6.07) is 1.71. The Balaban J connectivity index is 0.000000396. The van der Waals surface area contributed by atoms with Crippen LogP contribution in [-0.4, -0.2) is 14.6 Å². The summed E-state index contributed by atoms with van der Waals surface area (Å²) in [4.78, 5) is 4.10. The molecular formula is C9H12ClN3. The summed E-state index contributed by atoms with van der Waals surface area (Å²) in [6.07, 6.45) is 3.55. The van der Waals surface area contributed by atoms with Gasteiger partial charge in [-0.05, 0) is 13.0 Å². The topological polar surface area (TPSA) is 30.2 Å². The molecule has 0 saturated heterocycles. The summed E-state index contributed by atoms with van der Waals surface area (Å²) in [5.74, 6) is 0. The highest BCUT2D eigenvalue weighted by Crippen LogP contribution is 2.09. The lowest BCUT2D eigenvalue weighted by Gasteiger charge is -1.92. The number of rotatable bonds is 0. The van der Waals surface area contributed by atoms with E-state index < -0.39 is 0 Å². The minimum absolute atomic E-state index is 0.501. The molecule has 2 heterocycles. The van der Waals surface area contributed by atoms with Gasteiger partial charge in [0.05, 0.1) is 6.20 Å². The third kappa shape index (κ3) is 1.98.